The number of para-hydroxylation sites is 1. The second-order valence-electron chi connectivity index (χ2n) is 4.35. The fourth-order valence-corrected chi connectivity index (χ4v) is 1.88. The fourth-order valence-electron chi connectivity index (χ4n) is 1.88. The lowest BCUT2D eigenvalue weighted by Gasteiger charge is -2.12. The molecule has 106 valence electrons. The van der Waals surface area contributed by atoms with Gasteiger partial charge in [0.1, 0.15) is 0 Å². The Bertz CT molecular complexity index is 531. The molecule has 0 spiro atoms. The molecule has 4 heteroatoms. The molecule has 0 bridgehead atoms. The summed E-state index contributed by atoms with van der Waals surface area (Å²) in [6, 6.07) is 14.6. The highest BCUT2D eigenvalue weighted by molar-refractivity contribution is 5.34. The zero-order valence-electron chi connectivity index (χ0n) is 11.4. The molecule has 0 unspecified atom stereocenters. The number of hydrogen-bond donors (Lipinski definition) is 1. The van der Waals surface area contributed by atoms with Crippen molar-refractivity contribution in [2.75, 3.05) is 13.8 Å². The van der Waals surface area contributed by atoms with Gasteiger partial charge in [-0.2, -0.15) is 0 Å². The minimum Gasteiger partial charge on any atom is -0.464 e. The quantitative estimate of drug-likeness (QED) is 0.622. The molecule has 0 fully saturated rings. The van der Waals surface area contributed by atoms with Crippen molar-refractivity contribution < 1.29 is 13.9 Å². The van der Waals surface area contributed by atoms with E-state index in [2.05, 4.69) is 5.32 Å². The van der Waals surface area contributed by atoms with Crippen LogP contribution in [0.4, 0.5) is 4.39 Å². The van der Waals surface area contributed by atoms with E-state index in [1.807, 2.05) is 36.4 Å². The molecule has 2 rings (SSSR count). The van der Waals surface area contributed by atoms with Gasteiger partial charge in [0, 0.05) is 12.1 Å². The normalized spacial score (nSPS) is 10.5. The molecule has 0 saturated heterocycles. The Hall–Kier alpha value is -1.91. The third kappa shape index (κ3) is 4.05. The van der Waals surface area contributed by atoms with Crippen LogP contribution in [0.5, 0.6) is 5.75 Å². The van der Waals surface area contributed by atoms with Crippen LogP contribution in [0.3, 0.4) is 0 Å². The predicted octanol–water partition coefficient (Wildman–Crippen LogP) is 3.10. The standard InChI is InChI=1S/C16H18FNO2/c1-18-10-14-8-5-9-15(17)16(14)20-12-19-11-13-6-3-2-4-7-13/h2-9,18H,10-12H2,1H3. The van der Waals surface area contributed by atoms with E-state index in [0.717, 1.165) is 11.1 Å². The molecule has 0 atom stereocenters. The van der Waals surface area contributed by atoms with E-state index in [1.165, 1.54) is 6.07 Å². The molecule has 2 aromatic rings. The van der Waals surface area contributed by atoms with Crippen LogP contribution in [-0.4, -0.2) is 13.8 Å². The molecule has 1 N–H and O–H groups in total. The van der Waals surface area contributed by atoms with Crippen molar-refractivity contribution in [3.63, 3.8) is 0 Å². The third-order valence-electron chi connectivity index (χ3n) is 2.81. The lowest BCUT2D eigenvalue weighted by atomic mass is 10.2. The van der Waals surface area contributed by atoms with Gasteiger partial charge in [-0.05, 0) is 18.7 Å². The van der Waals surface area contributed by atoms with Crippen LogP contribution in [0.2, 0.25) is 0 Å². The number of ether oxygens (including phenoxy) is 2. The van der Waals surface area contributed by atoms with Gasteiger partial charge in [0.25, 0.3) is 0 Å². The van der Waals surface area contributed by atoms with Crippen molar-refractivity contribution in [2.24, 2.45) is 0 Å². The van der Waals surface area contributed by atoms with Gasteiger partial charge in [-0.3, -0.25) is 0 Å². The minimum absolute atomic E-state index is 0.0204. The van der Waals surface area contributed by atoms with E-state index in [1.54, 1.807) is 13.1 Å². The van der Waals surface area contributed by atoms with E-state index in [-0.39, 0.29) is 18.4 Å². The summed E-state index contributed by atoms with van der Waals surface area (Å²) in [5.41, 5.74) is 1.83. The van der Waals surface area contributed by atoms with Crippen LogP contribution in [0.1, 0.15) is 11.1 Å². The summed E-state index contributed by atoms with van der Waals surface area (Å²) in [7, 11) is 1.81. The van der Waals surface area contributed by atoms with Crippen molar-refractivity contribution >= 4 is 0 Å². The number of nitrogens with one attached hydrogen (secondary N) is 1. The maximum absolute atomic E-state index is 13.7. The van der Waals surface area contributed by atoms with Crippen molar-refractivity contribution in [1.82, 2.24) is 5.32 Å². The zero-order valence-corrected chi connectivity index (χ0v) is 11.4. The van der Waals surface area contributed by atoms with Gasteiger partial charge in [0.15, 0.2) is 18.4 Å². The molecule has 0 saturated carbocycles. The van der Waals surface area contributed by atoms with Gasteiger partial charge in [-0.25, -0.2) is 4.39 Å². The monoisotopic (exact) mass is 275 g/mol. The molecule has 0 aromatic heterocycles. The second-order valence-corrected chi connectivity index (χ2v) is 4.35. The Kier molecular flexibility index (Phi) is 5.53. The fraction of sp³-hybridized carbons (Fsp3) is 0.250. The molecule has 0 heterocycles. The number of benzene rings is 2. The van der Waals surface area contributed by atoms with Crippen molar-refractivity contribution in [2.45, 2.75) is 13.2 Å². The first kappa shape index (κ1) is 14.5. The molecule has 0 amide bonds. The third-order valence-corrected chi connectivity index (χ3v) is 2.81. The van der Waals surface area contributed by atoms with Crippen molar-refractivity contribution in [3.05, 3.63) is 65.5 Å². The molecule has 2 aromatic carbocycles. The van der Waals surface area contributed by atoms with Crippen LogP contribution in [0.25, 0.3) is 0 Å². The van der Waals surface area contributed by atoms with Crippen LogP contribution in [0, 0.1) is 5.82 Å². The van der Waals surface area contributed by atoms with Crippen LogP contribution < -0.4 is 10.1 Å². The van der Waals surface area contributed by atoms with Gasteiger partial charge in [0.05, 0.1) is 6.61 Å². The summed E-state index contributed by atoms with van der Waals surface area (Å²) >= 11 is 0. The van der Waals surface area contributed by atoms with Gasteiger partial charge < -0.3 is 14.8 Å². The lowest BCUT2D eigenvalue weighted by molar-refractivity contribution is 0.00244. The maximum atomic E-state index is 13.7. The molecular formula is C16H18FNO2. The number of halogens is 1. The average molecular weight is 275 g/mol. The van der Waals surface area contributed by atoms with Crippen LogP contribution in [0.15, 0.2) is 48.5 Å². The Morgan fingerprint density at radius 1 is 1.05 bits per heavy atom. The van der Waals surface area contributed by atoms with Crippen molar-refractivity contribution in [3.8, 4) is 5.75 Å². The molecule has 0 aliphatic rings. The highest BCUT2D eigenvalue weighted by atomic mass is 19.1. The van der Waals surface area contributed by atoms with Gasteiger partial charge in [0.2, 0.25) is 0 Å². The van der Waals surface area contributed by atoms with Crippen LogP contribution in [-0.2, 0) is 17.9 Å². The molecule has 0 aliphatic carbocycles. The topological polar surface area (TPSA) is 30.5 Å². The SMILES string of the molecule is CNCc1cccc(F)c1OCOCc1ccccc1. The zero-order chi connectivity index (χ0) is 14.2. The first-order chi connectivity index (χ1) is 9.81. The van der Waals surface area contributed by atoms with Crippen LogP contribution >= 0.6 is 0 Å². The minimum atomic E-state index is -0.374. The number of rotatable bonds is 7. The average Bonchev–Trinajstić information content (AvgIpc) is 2.47. The van der Waals surface area contributed by atoms with Gasteiger partial charge in [-0.15, -0.1) is 0 Å². The van der Waals surface area contributed by atoms with E-state index >= 15 is 0 Å². The van der Waals surface area contributed by atoms with E-state index < -0.39 is 0 Å². The van der Waals surface area contributed by atoms with Gasteiger partial charge in [-0.1, -0.05) is 42.5 Å². The summed E-state index contributed by atoms with van der Waals surface area (Å²) in [5.74, 6) is -0.129. The van der Waals surface area contributed by atoms with Gasteiger partial charge >= 0.3 is 0 Å². The van der Waals surface area contributed by atoms with E-state index in [9.17, 15) is 4.39 Å². The summed E-state index contributed by atoms with van der Waals surface area (Å²) < 4.78 is 24.5. The predicted molar refractivity (Wildman–Crippen MR) is 75.9 cm³/mol. The summed E-state index contributed by atoms with van der Waals surface area (Å²) in [6.45, 7) is 1.01. The highest BCUT2D eigenvalue weighted by Crippen LogP contribution is 2.22. The Morgan fingerprint density at radius 3 is 2.60 bits per heavy atom. The highest BCUT2D eigenvalue weighted by Gasteiger charge is 2.09. The smallest absolute Gasteiger partial charge is 0.189 e. The summed E-state index contributed by atoms with van der Waals surface area (Å²) in [4.78, 5) is 0. The van der Waals surface area contributed by atoms with E-state index in [4.69, 9.17) is 9.47 Å². The largest absolute Gasteiger partial charge is 0.464 e. The number of hydrogen-bond acceptors (Lipinski definition) is 3. The van der Waals surface area contributed by atoms with Crippen molar-refractivity contribution in [1.29, 1.82) is 0 Å². The molecule has 20 heavy (non-hydrogen) atoms. The Morgan fingerprint density at radius 2 is 1.85 bits per heavy atom. The first-order valence-corrected chi connectivity index (χ1v) is 6.47. The molecular weight excluding hydrogens is 257 g/mol. The second kappa shape index (κ2) is 7.62. The molecule has 0 radical (unpaired) electrons. The maximum Gasteiger partial charge on any atom is 0.189 e. The summed E-state index contributed by atoms with van der Waals surface area (Å²) in [6.07, 6.45) is 0. The molecule has 3 nitrogen and oxygen atoms in total. The lowest BCUT2D eigenvalue weighted by Crippen LogP contribution is -2.10. The summed E-state index contributed by atoms with van der Waals surface area (Å²) in [5, 5.41) is 2.98. The Labute approximate surface area is 118 Å². The molecule has 0 aliphatic heterocycles. The first-order valence-electron chi connectivity index (χ1n) is 6.47. The van der Waals surface area contributed by atoms with E-state index in [0.29, 0.717) is 13.2 Å². The Balaban J connectivity index is 1.87.